The highest BCUT2D eigenvalue weighted by molar-refractivity contribution is 5.84. The van der Waals surface area contributed by atoms with Crippen molar-refractivity contribution in [3.8, 4) is 0 Å². The summed E-state index contributed by atoms with van der Waals surface area (Å²) < 4.78 is 1.33. The van der Waals surface area contributed by atoms with Crippen molar-refractivity contribution in [3.05, 3.63) is 22.1 Å². The number of carboxylic acids is 1. The summed E-state index contributed by atoms with van der Waals surface area (Å²) in [4.78, 5) is 21.7. The molecule has 14 heavy (non-hydrogen) atoms. The zero-order chi connectivity index (χ0) is 10.6. The lowest BCUT2D eigenvalue weighted by Gasteiger charge is -1.99. The number of unbranched alkanes of at least 4 members (excludes halogenated alkanes) is 2. The molecule has 0 bridgehead atoms. The van der Waals surface area contributed by atoms with Gasteiger partial charge in [0.25, 0.3) is 5.56 Å². The first-order valence-corrected chi connectivity index (χ1v) is 4.68. The minimum atomic E-state index is -1.10. The van der Waals surface area contributed by atoms with Gasteiger partial charge in [-0.3, -0.25) is 14.6 Å². The summed E-state index contributed by atoms with van der Waals surface area (Å²) in [6, 6.07) is 1.11. The number of aryl methyl sites for hydroxylation is 1. The van der Waals surface area contributed by atoms with Gasteiger partial charge in [0, 0.05) is 12.6 Å². The third-order valence-corrected chi connectivity index (χ3v) is 2.00. The van der Waals surface area contributed by atoms with Crippen LogP contribution < -0.4 is 5.56 Å². The first kappa shape index (κ1) is 10.6. The van der Waals surface area contributed by atoms with Crippen LogP contribution in [0, 0.1) is 0 Å². The van der Waals surface area contributed by atoms with E-state index in [1.165, 1.54) is 4.68 Å². The standard InChI is InChI=1S/C9H14N2O3/c1-2-3-4-5-11-8(12)6-7(10-11)9(13)14/h6,10H,2-5H2,1H3,(H,13,14). The highest BCUT2D eigenvalue weighted by Gasteiger charge is 2.08. The molecule has 0 amide bonds. The first-order chi connectivity index (χ1) is 6.65. The fourth-order valence-corrected chi connectivity index (χ4v) is 1.23. The fourth-order valence-electron chi connectivity index (χ4n) is 1.23. The molecule has 5 heteroatoms. The monoisotopic (exact) mass is 198 g/mol. The van der Waals surface area contributed by atoms with Crippen LogP contribution in [0.5, 0.6) is 0 Å². The molecular weight excluding hydrogens is 184 g/mol. The van der Waals surface area contributed by atoms with Crippen LogP contribution in [0.1, 0.15) is 36.7 Å². The van der Waals surface area contributed by atoms with Crippen molar-refractivity contribution < 1.29 is 9.90 Å². The second-order valence-corrected chi connectivity index (χ2v) is 3.17. The topological polar surface area (TPSA) is 75.1 Å². The van der Waals surface area contributed by atoms with Crippen molar-refractivity contribution in [3.63, 3.8) is 0 Å². The van der Waals surface area contributed by atoms with E-state index in [4.69, 9.17) is 5.11 Å². The second-order valence-electron chi connectivity index (χ2n) is 3.17. The molecule has 0 fully saturated rings. The Hall–Kier alpha value is -1.52. The molecule has 1 aromatic heterocycles. The summed E-state index contributed by atoms with van der Waals surface area (Å²) in [6.45, 7) is 2.63. The number of carboxylic acid groups (broad SMARTS) is 1. The molecular formula is C9H14N2O3. The summed E-state index contributed by atoms with van der Waals surface area (Å²) in [5.41, 5.74) is -0.329. The molecule has 0 aliphatic heterocycles. The number of nitrogens with zero attached hydrogens (tertiary/aromatic N) is 1. The number of H-pyrrole nitrogens is 1. The third-order valence-electron chi connectivity index (χ3n) is 2.00. The number of aromatic nitrogens is 2. The summed E-state index contributed by atoms with van der Waals surface area (Å²) in [6.07, 6.45) is 2.99. The first-order valence-electron chi connectivity index (χ1n) is 4.68. The molecule has 0 spiro atoms. The van der Waals surface area contributed by atoms with E-state index in [9.17, 15) is 9.59 Å². The van der Waals surface area contributed by atoms with Gasteiger partial charge in [-0.15, -0.1) is 0 Å². The van der Waals surface area contributed by atoms with E-state index >= 15 is 0 Å². The lowest BCUT2D eigenvalue weighted by Crippen LogP contribution is -2.15. The number of carbonyl (C=O) groups is 1. The van der Waals surface area contributed by atoms with Gasteiger partial charge in [-0.05, 0) is 6.42 Å². The van der Waals surface area contributed by atoms with Crippen LogP contribution in [-0.4, -0.2) is 20.9 Å². The molecule has 0 radical (unpaired) electrons. The molecule has 78 valence electrons. The van der Waals surface area contributed by atoms with Gasteiger partial charge >= 0.3 is 5.97 Å². The van der Waals surface area contributed by atoms with Gasteiger partial charge in [0.1, 0.15) is 5.69 Å². The smallest absolute Gasteiger partial charge is 0.353 e. The number of rotatable bonds is 5. The second kappa shape index (κ2) is 4.64. The summed E-state index contributed by atoms with van der Waals surface area (Å²) in [5, 5.41) is 11.2. The van der Waals surface area contributed by atoms with Crippen LogP contribution in [0.4, 0.5) is 0 Å². The van der Waals surface area contributed by atoms with Crippen LogP contribution in [0.2, 0.25) is 0 Å². The van der Waals surface area contributed by atoms with Crippen molar-refractivity contribution >= 4 is 5.97 Å². The van der Waals surface area contributed by atoms with Crippen molar-refractivity contribution in [1.29, 1.82) is 0 Å². The van der Waals surface area contributed by atoms with Crippen molar-refractivity contribution in [2.24, 2.45) is 0 Å². The number of hydrogen-bond acceptors (Lipinski definition) is 2. The Morgan fingerprint density at radius 1 is 1.57 bits per heavy atom. The molecule has 1 aromatic rings. The van der Waals surface area contributed by atoms with Crippen LogP contribution in [0.15, 0.2) is 10.9 Å². The van der Waals surface area contributed by atoms with Gasteiger partial charge in [-0.2, -0.15) is 0 Å². The van der Waals surface area contributed by atoms with E-state index in [0.29, 0.717) is 6.54 Å². The quantitative estimate of drug-likeness (QED) is 0.695. The minimum Gasteiger partial charge on any atom is -0.477 e. The third kappa shape index (κ3) is 2.48. The Bertz CT molecular complexity index is 364. The number of hydrogen-bond donors (Lipinski definition) is 2. The zero-order valence-corrected chi connectivity index (χ0v) is 8.12. The highest BCUT2D eigenvalue weighted by atomic mass is 16.4. The average Bonchev–Trinajstić information content (AvgIpc) is 2.49. The summed E-state index contributed by atoms with van der Waals surface area (Å²) in [7, 11) is 0. The average molecular weight is 198 g/mol. The van der Waals surface area contributed by atoms with E-state index in [2.05, 4.69) is 12.0 Å². The Kier molecular flexibility index (Phi) is 3.50. The maximum absolute atomic E-state index is 11.2. The summed E-state index contributed by atoms with van der Waals surface area (Å²) in [5.74, 6) is -1.10. The predicted molar refractivity (Wildman–Crippen MR) is 51.5 cm³/mol. The summed E-state index contributed by atoms with van der Waals surface area (Å²) >= 11 is 0. The van der Waals surface area contributed by atoms with Crippen LogP contribution in [0.3, 0.4) is 0 Å². The molecule has 5 nitrogen and oxygen atoms in total. The largest absolute Gasteiger partial charge is 0.477 e. The maximum Gasteiger partial charge on any atom is 0.353 e. The Labute approximate surface area is 81.3 Å². The molecule has 0 saturated heterocycles. The number of nitrogens with one attached hydrogen (secondary N) is 1. The van der Waals surface area contributed by atoms with E-state index in [-0.39, 0.29) is 11.3 Å². The Balaban J connectivity index is 2.68. The van der Waals surface area contributed by atoms with Gasteiger partial charge in [-0.1, -0.05) is 19.8 Å². The lowest BCUT2D eigenvalue weighted by atomic mass is 10.2. The van der Waals surface area contributed by atoms with Gasteiger partial charge in [-0.25, -0.2) is 4.79 Å². The molecule has 1 heterocycles. The van der Waals surface area contributed by atoms with Gasteiger partial charge in [0.2, 0.25) is 0 Å². The molecule has 2 N–H and O–H groups in total. The maximum atomic E-state index is 11.2. The van der Waals surface area contributed by atoms with E-state index in [1.807, 2.05) is 0 Å². The zero-order valence-electron chi connectivity index (χ0n) is 8.12. The van der Waals surface area contributed by atoms with Gasteiger partial charge in [0.05, 0.1) is 0 Å². The molecule has 0 atom stereocenters. The minimum absolute atomic E-state index is 0.0495. The fraction of sp³-hybridized carbons (Fsp3) is 0.556. The molecule has 0 aliphatic carbocycles. The van der Waals surface area contributed by atoms with Crippen molar-refractivity contribution in [2.75, 3.05) is 0 Å². The molecule has 0 unspecified atom stereocenters. The number of aromatic amines is 1. The molecule has 0 saturated carbocycles. The van der Waals surface area contributed by atoms with E-state index in [1.54, 1.807) is 0 Å². The molecule has 0 aliphatic rings. The normalized spacial score (nSPS) is 10.4. The SMILES string of the molecule is CCCCCn1[nH]c(C(=O)O)cc1=O. The Morgan fingerprint density at radius 2 is 2.29 bits per heavy atom. The molecule has 1 rings (SSSR count). The van der Waals surface area contributed by atoms with E-state index in [0.717, 1.165) is 25.3 Å². The number of aromatic carboxylic acids is 1. The van der Waals surface area contributed by atoms with Crippen molar-refractivity contribution in [2.45, 2.75) is 32.7 Å². The van der Waals surface area contributed by atoms with Crippen LogP contribution in [-0.2, 0) is 6.54 Å². The van der Waals surface area contributed by atoms with Gasteiger partial charge in [0.15, 0.2) is 0 Å². The van der Waals surface area contributed by atoms with Crippen LogP contribution >= 0.6 is 0 Å². The van der Waals surface area contributed by atoms with Crippen LogP contribution in [0.25, 0.3) is 0 Å². The molecule has 0 aromatic carbocycles. The van der Waals surface area contributed by atoms with Gasteiger partial charge < -0.3 is 5.11 Å². The lowest BCUT2D eigenvalue weighted by molar-refractivity contribution is 0.0689. The highest BCUT2D eigenvalue weighted by Crippen LogP contribution is 1.97. The van der Waals surface area contributed by atoms with E-state index < -0.39 is 5.97 Å². The van der Waals surface area contributed by atoms with Crippen molar-refractivity contribution in [1.82, 2.24) is 9.78 Å². The predicted octanol–water partition coefficient (Wildman–Crippen LogP) is 1.06. The Morgan fingerprint density at radius 3 is 2.79 bits per heavy atom.